The summed E-state index contributed by atoms with van der Waals surface area (Å²) in [7, 11) is 0. The van der Waals surface area contributed by atoms with Crippen LogP contribution >= 0.6 is 0 Å². The fourth-order valence-electron chi connectivity index (χ4n) is 2.27. The van der Waals surface area contributed by atoms with Crippen LogP contribution in [-0.2, 0) is 22.1 Å². The van der Waals surface area contributed by atoms with Gasteiger partial charge in [0.2, 0.25) is 0 Å². The summed E-state index contributed by atoms with van der Waals surface area (Å²) < 4.78 is 42.8. The second kappa shape index (κ2) is 10.1. The van der Waals surface area contributed by atoms with Crippen LogP contribution in [0.4, 0.5) is 18.0 Å². The Morgan fingerprint density at radius 1 is 1.00 bits per heavy atom. The second-order valence-electron chi connectivity index (χ2n) is 5.80. The number of ether oxygens (including phenoxy) is 1. The van der Waals surface area contributed by atoms with Crippen molar-refractivity contribution in [2.24, 2.45) is 0 Å². The Hall–Kier alpha value is -3.29. The van der Waals surface area contributed by atoms with Gasteiger partial charge in [0, 0.05) is 6.08 Å². The molecule has 0 atom stereocenters. The molecule has 0 spiro atoms. The Morgan fingerprint density at radius 2 is 1.75 bits per heavy atom. The number of carbonyl (C=O) groups is 2. The van der Waals surface area contributed by atoms with E-state index in [9.17, 15) is 22.8 Å². The van der Waals surface area contributed by atoms with Gasteiger partial charge in [-0.1, -0.05) is 42.5 Å². The van der Waals surface area contributed by atoms with Crippen molar-refractivity contribution < 1.29 is 27.5 Å². The van der Waals surface area contributed by atoms with Gasteiger partial charge in [0.1, 0.15) is 0 Å². The minimum absolute atomic E-state index is 0.177. The molecular weight excluding hydrogens is 373 g/mol. The van der Waals surface area contributed by atoms with Crippen molar-refractivity contribution in [2.45, 2.75) is 19.0 Å². The van der Waals surface area contributed by atoms with Crippen LogP contribution in [0.3, 0.4) is 0 Å². The van der Waals surface area contributed by atoms with E-state index in [0.717, 1.165) is 30.2 Å². The molecule has 2 amide bonds. The first-order valence-corrected chi connectivity index (χ1v) is 8.46. The smallest absolute Gasteiger partial charge is 0.426 e. The molecule has 0 unspecified atom stereocenters. The Balaban J connectivity index is 1.69. The minimum atomic E-state index is -4.46. The number of carbonyl (C=O) groups excluding carboxylic acids is 2. The van der Waals surface area contributed by atoms with Crippen LogP contribution < -0.4 is 10.9 Å². The Morgan fingerprint density at radius 3 is 2.46 bits per heavy atom. The molecular formula is C20H19F3N2O3. The minimum Gasteiger partial charge on any atom is -0.448 e. The molecule has 0 aromatic heterocycles. The lowest BCUT2D eigenvalue weighted by Gasteiger charge is -2.07. The molecule has 5 nitrogen and oxygen atoms in total. The molecule has 2 rings (SSSR count). The summed E-state index contributed by atoms with van der Waals surface area (Å²) in [4.78, 5) is 23.1. The summed E-state index contributed by atoms with van der Waals surface area (Å²) >= 11 is 0. The van der Waals surface area contributed by atoms with Gasteiger partial charge in [-0.05, 0) is 42.2 Å². The summed E-state index contributed by atoms with van der Waals surface area (Å²) in [6.45, 7) is 0.177. The predicted octanol–water partition coefficient (Wildman–Crippen LogP) is 4.11. The molecule has 0 bridgehead atoms. The maximum Gasteiger partial charge on any atom is 0.426 e. The van der Waals surface area contributed by atoms with Crippen LogP contribution in [-0.4, -0.2) is 18.6 Å². The number of benzene rings is 2. The van der Waals surface area contributed by atoms with E-state index >= 15 is 0 Å². The zero-order chi connectivity index (χ0) is 20.4. The maximum atomic E-state index is 12.6. The molecule has 28 heavy (non-hydrogen) atoms. The van der Waals surface area contributed by atoms with E-state index in [2.05, 4.69) is 10.9 Å². The van der Waals surface area contributed by atoms with Crippen LogP contribution in [0.1, 0.15) is 23.1 Å². The Kier molecular flexibility index (Phi) is 7.62. The van der Waals surface area contributed by atoms with Gasteiger partial charge in [0.15, 0.2) is 0 Å². The van der Waals surface area contributed by atoms with Crippen LogP contribution in [0.15, 0.2) is 60.7 Å². The highest BCUT2D eigenvalue weighted by Crippen LogP contribution is 2.29. The summed E-state index contributed by atoms with van der Waals surface area (Å²) in [5.41, 5.74) is 4.66. The van der Waals surface area contributed by atoms with Gasteiger partial charge in [-0.25, -0.2) is 10.2 Å². The third kappa shape index (κ3) is 7.53. The van der Waals surface area contributed by atoms with Crippen LogP contribution in [0.25, 0.3) is 6.08 Å². The largest absolute Gasteiger partial charge is 0.448 e. The monoisotopic (exact) mass is 392 g/mol. The fraction of sp³-hybridized carbons (Fsp3) is 0.200. The van der Waals surface area contributed by atoms with E-state index in [0.29, 0.717) is 6.42 Å². The number of hydrazine groups is 1. The first kappa shape index (κ1) is 21.0. The van der Waals surface area contributed by atoms with Crippen molar-refractivity contribution >= 4 is 18.1 Å². The zero-order valence-corrected chi connectivity index (χ0v) is 14.8. The average molecular weight is 392 g/mol. The van der Waals surface area contributed by atoms with Gasteiger partial charge >= 0.3 is 12.3 Å². The van der Waals surface area contributed by atoms with Gasteiger partial charge in [0.25, 0.3) is 5.91 Å². The average Bonchev–Trinajstić information content (AvgIpc) is 2.68. The molecule has 148 valence electrons. The molecule has 0 heterocycles. The number of hydrogen-bond acceptors (Lipinski definition) is 3. The molecule has 2 N–H and O–H groups in total. The Labute approximate surface area is 160 Å². The number of rotatable bonds is 6. The number of aryl methyl sites for hydroxylation is 1. The molecule has 0 fully saturated rings. The maximum absolute atomic E-state index is 12.6. The number of hydrogen-bond donors (Lipinski definition) is 2. The van der Waals surface area contributed by atoms with Crippen molar-refractivity contribution in [1.29, 1.82) is 0 Å². The van der Waals surface area contributed by atoms with E-state index in [1.807, 2.05) is 30.3 Å². The molecule has 0 aliphatic rings. The van der Waals surface area contributed by atoms with Crippen LogP contribution in [0, 0.1) is 0 Å². The van der Waals surface area contributed by atoms with Gasteiger partial charge in [-0.3, -0.25) is 10.2 Å². The van der Waals surface area contributed by atoms with Gasteiger partial charge < -0.3 is 4.74 Å². The first-order valence-electron chi connectivity index (χ1n) is 8.46. The van der Waals surface area contributed by atoms with E-state index in [4.69, 9.17) is 4.74 Å². The lowest BCUT2D eigenvalue weighted by Crippen LogP contribution is -2.41. The van der Waals surface area contributed by atoms with Crippen LogP contribution in [0.2, 0.25) is 0 Å². The van der Waals surface area contributed by atoms with Crippen molar-refractivity contribution in [1.82, 2.24) is 10.9 Å². The van der Waals surface area contributed by atoms with Crippen molar-refractivity contribution in [3.63, 3.8) is 0 Å². The molecule has 0 saturated carbocycles. The summed E-state index contributed by atoms with van der Waals surface area (Å²) in [6.07, 6.45) is -1.70. The lowest BCUT2D eigenvalue weighted by molar-refractivity contribution is -0.137. The van der Waals surface area contributed by atoms with Gasteiger partial charge in [-0.15, -0.1) is 0 Å². The molecule has 2 aromatic rings. The predicted molar refractivity (Wildman–Crippen MR) is 97.9 cm³/mol. The molecule has 0 radical (unpaired) electrons. The molecule has 8 heteroatoms. The van der Waals surface area contributed by atoms with Gasteiger partial charge in [0.05, 0.1) is 12.2 Å². The first-order chi connectivity index (χ1) is 13.3. The summed E-state index contributed by atoms with van der Waals surface area (Å²) in [5.74, 6) is -0.710. The number of alkyl halides is 3. The molecule has 0 aliphatic heterocycles. The molecule has 0 saturated heterocycles. The number of halogens is 3. The molecule has 0 aliphatic carbocycles. The number of amides is 2. The van der Waals surface area contributed by atoms with Crippen LogP contribution in [0.5, 0.6) is 0 Å². The number of nitrogens with one attached hydrogen (secondary N) is 2. The summed E-state index contributed by atoms with van der Waals surface area (Å²) in [6, 6.07) is 14.2. The zero-order valence-electron chi connectivity index (χ0n) is 14.8. The standard InChI is InChI=1S/C20H19F3N2O3/c21-20(22,23)17-10-4-8-16(14-17)11-12-18(26)24-25-19(27)28-13-5-9-15-6-2-1-3-7-15/h1-4,6-8,10-12,14H,5,9,13H2,(H,24,26)(H,25,27)/b12-11+. The fourth-order valence-corrected chi connectivity index (χ4v) is 2.27. The lowest BCUT2D eigenvalue weighted by atomic mass is 10.1. The highest BCUT2D eigenvalue weighted by atomic mass is 19.4. The normalized spacial score (nSPS) is 11.2. The second-order valence-corrected chi connectivity index (χ2v) is 5.80. The Bertz CT molecular complexity index is 821. The third-order valence-electron chi connectivity index (χ3n) is 3.61. The van der Waals surface area contributed by atoms with E-state index in [1.165, 1.54) is 18.2 Å². The van der Waals surface area contributed by atoms with E-state index < -0.39 is 23.7 Å². The highest BCUT2D eigenvalue weighted by Gasteiger charge is 2.30. The van der Waals surface area contributed by atoms with E-state index in [-0.39, 0.29) is 12.2 Å². The van der Waals surface area contributed by atoms with Crippen molar-refractivity contribution in [3.05, 3.63) is 77.4 Å². The topological polar surface area (TPSA) is 67.4 Å². The quantitative estimate of drug-likeness (QED) is 0.442. The summed E-state index contributed by atoms with van der Waals surface area (Å²) in [5, 5.41) is 0. The third-order valence-corrected chi connectivity index (χ3v) is 3.61. The van der Waals surface area contributed by atoms with Gasteiger partial charge in [-0.2, -0.15) is 13.2 Å². The molecule has 2 aromatic carbocycles. The van der Waals surface area contributed by atoms with E-state index in [1.54, 1.807) is 0 Å². The van der Waals surface area contributed by atoms with Crippen molar-refractivity contribution in [2.75, 3.05) is 6.61 Å². The highest BCUT2D eigenvalue weighted by molar-refractivity contribution is 5.92. The SMILES string of the molecule is O=C(/C=C/c1cccc(C(F)(F)F)c1)NNC(=O)OCCCc1ccccc1. The van der Waals surface area contributed by atoms with Crippen molar-refractivity contribution in [3.8, 4) is 0 Å².